The van der Waals surface area contributed by atoms with Gasteiger partial charge in [0, 0.05) is 11.8 Å². The predicted octanol–water partition coefficient (Wildman–Crippen LogP) is 2.26. The second kappa shape index (κ2) is 5.20. The number of thioether (sulfide) groups is 1. The second-order valence-corrected chi connectivity index (χ2v) is 4.34. The van der Waals surface area contributed by atoms with Crippen molar-refractivity contribution < 1.29 is 0 Å². The van der Waals surface area contributed by atoms with Gasteiger partial charge in [0.15, 0.2) is 0 Å². The van der Waals surface area contributed by atoms with Crippen LogP contribution in [-0.2, 0) is 0 Å². The molecule has 4 heteroatoms. The Balaban J connectivity index is 2.63. The molecule has 0 saturated heterocycles. The van der Waals surface area contributed by atoms with Crippen LogP contribution in [0.1, 0.15) is 18.3 Å². The third-order valence-electron chi connectivity index (χ3n) is 2.00. The lowest BCUT2D eigenvalue weighted by Crippen LogP contribution is -2.19. The molecule has 0 spiro atoms. The summed E-state index contributed by atoms with van der Waals surface area (Å²) in [4.78, 5) is 8.67. The maximum atomic E-state index is 4.41. The number of aromatic nitrogens is 2. The molecule has 1 rings (SSSR count). The average molecular weight is 211 g/mol. The summed E-state index contributed by atoms with van der Waals surface area (Å²) in [7, 11) is 0. The first kappa shape index (κ1) is 11.3. The third kappa shape index (κ3) is 3.18. The van der Waals surface area contributed by atoms with Gasteiger partial charge in [-0.2, -0.15) is 11.8 Å². The smallest absolute Gasteiger partial charge is 0.145 e. The summed E-state index contributed by atoms with van der Waals surface area (Å²) < 4.78 is 0. The molecule has 1 aromatic rings. The van der Waals surface area contributed by atoms with Crippen molar-refractivity contribution >= 4 is 17.6 Å². The molecule has 0 fully saturated rings. The monoisotopic (exact) mass is 211 g/mol. The van der Waals surface area contributed by atoms with E-state index in [4.69, 9.17) is 0 Å². The van der Waals surface area contributed by atoms with Gasteiger partial charge in [0.2, 0.25) is 0 Å². The standard InChI is InChI=1S/C10H17N3S/c1-7(6-14-4)12-10-5-11-8(2)9(3)13-10/h5,7H,6H2,1-4H3,(H,12,13). The number of nitrogens with one attached hydrogen (secondary N) is 1. The van der Waals surface area contributed by atoms with Gasteiger partial charge in [-0.3, -0.25) is 4.98 Å². The molecule has 3 nitrogen and oxygen atoms in total. The van der Waals surface area contributed by atoms with Crippen molar-refractivity contribution in [3.05, 3.63) is 17.6 Å². The van der Waals surface area contributed by atoms with Crippen molar-refractivity contribution in [2.75, 3.05) is 17.3 Å². The quantitative estimate of drug-likeness (QED) is 0.829. The summed E-state index contributed by atoms with van der Waals surface area (Å²) in [5, 5.41) is 3.32. The van der Waals surface area contributed by atoms with E-state index in [0.29, 0.717) is 6.04 Å². The molecule has 1 aromatic heterocycles. The van der Waals surface area contributed by atoms with Gasteiger partial charge in [0.05, 0.1) is 17.6 Å². The number of anilines is 1. The van der Waals surface area contributed by atoms with Gasteiger partial charge in [-0.25, -0.2) is 4.98 Å². The zero-order valence-electron chi connectivity index (χ0n) is 9.16. The topological polar surface area (TPSA) is 37.8 Å². The molecular formula is C10H17N3S. The molecular weight excluding hydrogens is 194 g/mol. The second-order valence-electron chi connectivity index (χ2n) is 3.43. The highest BCUT2D eigenvalue weighted by atomic mass is 32.2. The van der Waals surface area contributed by atoms with Crippen molar-refractivity contribution in [1.29, 1.82) is 0 Å². The zero-order chi connectivity index (χ0) is 10.6. The molecule has 0 saturated carbocycles. The molecule has 0 bridgehead atoms. The Labute approximate surface area is 89.7 Å². The lowest BCUT2D eigenvalue weighted by atomic mass is 10.3. The van der Waals surface area contributed by atoms with Crippen LogP contribution in [-0.4, -0.2) is 28.0 Å². The molecule has 1 atom stereocenters. The first-order chi connectivity index (χ1) is 6.63. The normalized spacial score (nSPS) is 12.6. The van der Waals surface area contributed by atoms with Gasteiger partial charge in [0.25, 0.3) is 0 Å². The van der Waals surface area contributed by atoms with Gasteiger partial charge >= 0.3 is 0 Å². The molecule has 14 heavy (non-hydrogen) atoms. The molecule has 0 radical (unpaired) electrons. The summed E-state index contributed by atoms with van der Waals surface area (Å²) in [6.07, 6.45) is 3.89. The van der Waals surface area contributed by atoms with E-state index in [9.17, 15) is 0 Å². The summed E-state index contributed by atoms with van der Waals surface area (Å²) in [5.74, 6) is 1.95. The predicted molar refractivity (Wildman–Crippen MR) is 63.0 cm³/mol. The van der Waals surface area contributed by atoms with Crippen LogP contribution >= 0.6 is 11.8 Å². The average Bonchev–Trinajstić information content (AvgIpc) is 2.12. The van der Waals surface area contributed by atoms with E-state index in [1.54, 1.807) is 6.20 Å². The maximum Gasteiger partial charge on any atom is 0.145 e. The van der Waals surface area contributed by atoms with E-state index in [-0.39, 0.29) is 0 Å². The summed E-state index contributed by atoms with van der Waals surface area (Å²) in [6.45, 7) is 6.09. The number of rotatable bonds is 4. The fraction of sp³-hybridized carbons (Fsp3) is 0.600. The van der Waals surface area contributed by atoms with Crippen LogP contribution in [0.15, 0.2) is 6.20 Å². The van der Waals surface area contributed by atoms with Crippen LogP contribution < -0.4 is 5.32 Å². The van der Waals surface area contributed by atoms with Gasteiger partial charge in [-0.05, 0) is 27.0 Å². The van der Waals surface area contributed by atoms with Crippen molar-refractivity contribution in [3.63, 3.8) is 0 Å². The Morgan fingerprint density at radius 2 is 2.14 bits per heavy atom. The Kier molecular flexibility index (Phi) is 4.20. The molecule has 0 aromatic carbocycles. The van der Waals surface area contributed by atoms with Gasteiger partial charge in [0.1, 0.15) is 5.82 Å². The van der Waals surface area contributed by atoms with E-state index in [1.165, 1.54) is 0 Å². The van der Waals surface area contributed by atoms with Crippen LogP contribution in [0.4, 0.5) is 5.82 Å². The maximum absolute atomic E-state index is 4.41. The summed E-state index contributed by atoms with van der Waals surface area (Å²) >= 11 is 1.83. The Hall–Kier alpha value is -0.770. The minimum atomic E-state index is 0.432. The van der Waals surface area contributed by atoms with E-state index < -0.39 is 0 Å². The minimum absolute atomic E-state index is 0.432. The number of hydrogen-bond donors (Lipinski definition) is 1. The van der Waals surface area contributed by atoms with Crippen LogP contribution in [0, 0.1) is 13.8 Å². The SMILES string of the molecule is CSCC(C)Nc1cnc(C)c(C)n1. The molecule has 0 amide bonds. The van der Waals surface area contributed by atoms with Crippen molar-refractivity contribution in [2.24, 2.45) is 0 Å². The first-order valence-electron chi connectivity index (χ1n) is 4.69. The van der Waals surface area contributed by atoms with Gasteiger partial charge < -0.3 is 5.32 Å². The molecule has 1 heterocycles. The minimum Gasteiger partial charge on any atom is -0.366 e. The van der Waals surface area contributed by atoms with Crippen LogP contribution in [0.3, 0.4) is 0 Å². The molecule has 0 aliphatic rings. The lowest BCUT2D eigenvalue weighted by Gasteiger charge is -2.13. The van der Waals surface area contributed by atoms with Gasteiger partial charge in [-0.15, -0.1) is 0 Å². The van der Waals surface area contributed by atoms with E-state index >= 15 is 0 Å². The lowest BCUT2D eigenvalue weighted by molar-refractivity contribution is 0.891. The summed E-state index contributed by atoms with van der Waals surface area (Å²) in [6, 6.07) is 0.432. The molecule has 78 valence electrons. The molecule has 0 aliphatic carbocycles. The highest BCUT2D eigenvalue weighted by Gasteiger charge is 2.03. The Morgan fingerprint density at radius 3 is 2.71 bits per heavy atom. The fourth-order valence-corrected chi connectivity index (χ4v) is 1.74. The Morgan fingerprint density at radius 1 is 1.43 bits per heavy atom. The molecule has 1 unspecified atom stereocenters. The number of nitrogens with zero attached hydrogens (tertiary/aromatic N) is 2. The van der Waals surface area contributed by atoms with Crippen LogP contribution in [0.25, 0.3) is 0 Å². The van der Waals surface area contributed by atoms with Crippen LogP contribution in [0.5, 0.6) is 0 Å². The molecule has 0 aliphatic heterocycles. The van der Waals surface area contributed by atoms with Gasteiger partial charge in [-0.1, -0.05) is 0 Å². The highest BCUT2D eigenvalue weighted by molar-refractivity contribution is 7.98. The zero-order valence-corrected chi connectivity index (χ0v) is 9.98. The van der Waals surface area contributed by atoms with E-state index in [1.807, 2.05) is 25.6 Å². The largest absolute Gasteiger partial charge is 0.366 e. The third-order valence-corrected chi connectivity index (χ3v) is 2.84. The van der Waals surface area contributed by atoms with E-state index in [0.717, 1.165) is 23.0 Å². The highest BCUT2D eigenvalue weighted by Crippen LogP contribution is 2.08. The number of hydrogen-bond acceptors (Lipinski definition) is 4. The Bertz CT molecular complexity index is 301. The van der Waals surface area contributed by atoms with Crippen molar-refractivity contribution in [2.45, 2.75) is 26.8 Å². The fourth-order valence-electron chi connectivity index (χ4n) is 1.16. The first-order valence-corrected chi connectivity index (χ1v) is 6.08. The molecule has 1 N–H and O–H groups in total. The van der Waals surface area contributed by atoms with Crippen molar-refractivity contribution in [1.82, 2.24) is 9.97 Å². The number of aryl methyl sites for hydroxylation is 2. The summed E-state index contributed by atoms with van der Waals surface area (Å²) in [5.41, 5.74) is 1.99. The van der Waals surface area contributed by atoms with Crippen LogP contribution in [0.2, 0.25) is 0 Å². The van der Waals surface area contributed by atoms with E-state index in [2.05, 4.69) is 28.5 Å². The van der Waals surface area contributed by atoms with Crippen molar-refractivity contribution in [3.8, 4) is 0 Å².